The largest absolute Gasteiger partial charge is 0.342 e. The fourth-order valence-electron chi connectivity index (χ4n) is 3.26. The number of hydrogen-bond donors (Lipinski definition) is 2. The van der Waals surface area contributed by atoms with Gasteiger partial charge >= 0.3 is 0 Å². The number of aromatic amines is 1. The third-order valence-electron chi connectivity index (χ3n) is 4.84. The van der Waals surface area contributed by atoms with E-state index in [0.717, 1.165) is 22.5 Å². The molecule has 0 radical (unpaired) electrons. The fraction of sp³-hybridized carbons (Fsp3) is 0.227. The highest BCUT2D eigenvalue weighted by atomic mass is 16.1. The van der Waals surface area contributed by atoms with Gasteiger partial charge in [-0.15, -0.1) is 0 Å². The highest BCUT2D eigenvalue weighted by molar-refractivity contribution is 5.94. The SMILES string of the molecule is Cc1ccc2nc(C(NC(=O)c3ccc(-n4ccnc4)cc3)C(C)C)[nH]c2c1. The fourth-order valence-corrected chi connectivity index (χ4v) is 3.26. The lowest BCUT2D eigenvalue weighted by atomic mass is 10.0. The van der Waals surface area contributed by atoms with Crippen LogP contribution in [0.5, 0.6) is 0 Å². The molecule has 4 rings (SSSR count). The van der Waals surface area contributed by atoms with Crippen LogP contribution in [0.3, 0.4) is 0 Å². The number of H-pyrrole nitrogens is 1. The number of fused-ring (bicyclic) bond motifs is 1. The maximum atomic E-state index is 12.8. The monoisotopic (exact) mass is 373 g/mol. The van der Waals surface area contributed by atoms with E-state index in [1.807, 2.05) is 47.2 Å². The standard InChI is InChI=1S/C22H23N5O/c1-14(2)20(21-24-18-9-4-15(3)12-19(18)25-21)26-22(28)16-5-7-17(8-6-16)27-11-10-23-13-27/h4-14,20H,1-3H3,(H,24,25)(H,26,28). The summed E-state index contributed by atoms with van der Waals surface area (Å²) in [6, 6.07) is 13.4. The van der Waals surface area contributed by atoms with Crippen LogP contribution in [0, 0.1) is 12.8 Å². The maximum absolute atomic E-state index is 12.8. The number of carbonyl (C=O) groups excluding carboxylic acids is 1. The second kappa shape index (κ2) is 7.31. The summed E-state index contributed by atoms with van der Waals surface area (Å²) in [5.74, 6) is 0.849. The van der Waals surface area contributed by atoms with Gasteiger partial charge in [-0.05, 0) is 54.8 Å². The zero-order valence-corrected chi connectivity index (χ0v) is 16.2. The Bertz CT molecular complexity index is 1090. The molecule has 2 N–H and O–H groups in total. The van der Waals surface area contributed by atoms with Crippen LogP contribution in [0.2, 0.25) is 0 Å². The molecule has 1 unspecified atom stereocenters. The van der Waals surface area contributed by atoms with Crippen molar-refractivity contribution in [1.29, 1.82) is 0 Å². The van der Waals surface area contributed by atoms with Crippen LogP contribution in [0.25, 0.3) is 16.7 Å². The number of benzene rings is 2. The van der Waals surface area contributed by atoms with E-state index in [2.05, 4.69) is 47.1 Å². The summed E-state index contributed by atoms with van der Waals surface area (Å²) in [4.78, 5) is 24.9. The maximum Gasteiger partial charge on any atom is 0.251 e. The highest BCUT2D eigenvalue weighted by Gasteiger charge is 2.22. The Morgan fingerprint density at radius 2 is 1.93 bits per heavy atom. The average Bonchev–Trinajstić information content (AvgIpc) is 3.35. The second-order valence-corrected chi connectivity index (χ2v) is 7.35. The second-order valence-electron chi connectivity index (χ2n) is 7.35. The molecular formula is C22H23N5O. The van der Waals surface area contributed by atoms with Gasteiger partial charge in [0.25, 0.3) is 5.91 Å². The van der Waals surface area contributed by atoms with E-state index in [1.54, 1.807) is 12.5 Å². The lowest BCUT2D eigenvalue weighted by Gasteiger charge is -2.20. The molecule has 142 valence electrons. The van der Waals surface area contributed by atoms with E-state index >= 15 is 0 Å². The third kappa shape index (κ3) is 3.53. The summed E-state index contributed by atoms with van der Waals surface area (Å²) in [5, 5.41) is 3.13. The molecule has 0 aliphatic rings. The first-order valence-corrected chi connectivity index (χ1v) is 9.37. The van der Waals surface area contributed by atoms with Crippen molar-refractivity contribution in [2.45, 2.75) is 26.8 Å². The van der Waals surface area contributed by atoms with Gasteiger partial charge in [-0.1, -0.05) is 19.9 Å². The van der Waals surface area contributed by atoms with E-state index < -0.39 is 0 Å². The van der Waals surface area contributed by atoms with Crippen LogP contribution in [0.4, 0.5) is 0 Å². The molecule has 0 bridgehead atoms. The lowest BCUT2D eigenvalue weighted by molar-refractivity contribution is 0.0923. The Balaban J connectivity index is 1.56. The molecule has 0 aliphatic heterocycles. The van der Waals surface area contributed by atoms with Crippen molar-refractivity contribution in [3.05, 3.63) is 78.1 Å². The average molecular weight is 373 g/mol. The summed E-state index contributed by atoms with van der Waals surface area (Å²) in [5.41, 5.74) is 4.64. The molecule has 28 heavy (non-hydrogen) atoms. The Morgan fingerprint density at radius 3 is 2.61 bits per heavy atom. The highest BCUT2D eigenvalue weighted by Crippen LogP contribution is 2.23. The number of imidazole rings is 2. The molecule has 6 nitrogen and oxygen atoms in total. The number of carbonyl (C=O) groups is 1. The van der Waals surface area contributed by atoms with Gasteiger partial charge in [-0.25, -0.2) is 9.97 Å². The first kappa shape index (κ1) is 18.0. The molecule has 0 spiro atoms. The summed E-state index contributed by atoms with van der Waals surface area (Å²) in [7, 11) is 0. The molecule has 0 fully saturated rings. The smallest absolute Gasteiger partial charge is 0.251 e. The molecule has 0 saturated heterocycles. The molecule has 0 saturated carbocycles. The van der Waals surface area contributed by atoms with Gasteiger partial charge in [-0.2, -0.15) is 0 Å². The Morgan fingerprint density at radius 1 is 1.14 bits per heavy atom. The summed E-state index contributed by atoms with van der Waals surface area (Å²) >= 11 is 0. The summed E-state index contributed by atoms with van der Waals surface area (Å²) < 4.78 is 1.90. The lowest BCUT2D eigenvalue weighted by Crippen LogP contribution is -2.32. The molecule has 0 aliphatic carbocycles. The van der Waals surface area contributed by atoms with Crippen molar-refractivity contribution in [3.63, 3.8) is 0 Å². The number of aromatic nitrogens is 4. The Hall–Kier alpha value is -3.41. The van der Waals surface area contributed by atoms with Crippen LogP contribution in [-0.4, -0.2) is 25.4 Å². The van der Waals surface area contributed by atoms with E-state index in [9.17, 15) is 4.79 Å². The normalized spacial score (nSPS) is 12.4. The number of nitrogens with one attached hydrogen (secondary N) is 2. The van der Waals surface area contributed by atoms with Gasteiger partial charge < -0.3 is 14.9 Å². The Labute approximate surface area is 163 Å². The van der Waals surface area contributed by atoms with Crippen molar-refractivity contribution in [3.8, 4) is 5.69 Å². The molecule has 6 heteroatoms. The number of rotatable bonds is 5. The minimum Gasteiger partial charge on any atom is -0.342 e. The van der Waals surface area contributed by atoms with Crippen LogP contribution in [0.15, 0.2) is 61.2 Å². The molecule has 4 aromatic rings. The number of hydrogen-bond acceptors (Lipinski definition) is 3. The zero-order valence-electron chi connectivity index (χ0n) is 16.2. The summed E-state index contributed by atoms with van der Waals surface area (Å²) in [6.45, 7) is 6.20. The third-order valence-corrected chi connectivity index (χ3v) is 4.84. The minimum absolute atomic E-state index is 0.118. The quantitative estimate of drug-likeness (QED) is 0.551. The minimum atomic E-state index is -0.200. The molecule has 2 aromatic carbocycles. The number of aryl methyl sites for hydroxylation is 1. The first-order valence-electron chi connectivity index (χ1n) is 9.37. The van der Waals surface area contributed by atoms with Crippen molar-refractivity contribution in [2.75, 3.05) is 0 Å². The molecule has 1 amide bonds. The van der Waals surface area contributed by atoms with Gasteiger partial charge in [0.05, 0.1) is 23.4 Å². The summed E-state index contributed by atoms with van der Waals surface area (Å²) in [6.07, 6.45) is 5.32. The topological polar surface area (TPSA) is 75.6 Å². The van der Waals surface area contributed by atoms with Gasteiger partial charge in [0.2, 0.25) is 0 Å². The number of amides is 1. The molecule has 2 heterocycles. The van der Waals surface area contributed by atoms with Crippen LogP contribution in [0.1, 0.15) is 41.6 Å². The van der Waals surface area contributed by atoms with Gasteiger partial charge in [-0.3, -0.25) is 4.79 Å². The van der Waals surface area contributed by atoms with E-state index in [1.165, 1.54) is 5.56 Å². The molecular weight excluding hydrogens is 350 g/mol. The van der Waals surface area contributed by atoms with Crippen LogP contribution < -0.4 is 5.32 Å². The van der Waals surface area contributed by atoms with Gasteiger partial charge in [0.15, 0.2) is 0 Å². The Kier molecular flexibility index (Phi) is 4.69. The van der Waals surface area contributed by atoms with Crippen molar-refractivity contribution >= 4 is 16.9 Å². The molecule has 2 aromatic heterocycles. The van der Waals surface area contributed by atoms with Crippen molar-refractivity contribution < 1.29 is 4.79 Å². The van der Waals surface area contributed by atoms with Crippen molar-refractivity contribution in [1.82, 2.24) is 24.8 Å². The first-order chi connectivity index (χ1) is 13.5. The molecule has 1 atom stereocenters. The number of nitrogens with zero attached hydrogens (tertiary/aromatic N) is 3. The predicted molar refractivity (Wildman–Crippen MR) is 109 cm³/mol. The van der Waals surface area contributed by atoms with Crippen LogP contribution in [-0.2, 0) is 0 Å². The van der Waals surface area contributed by atoms with Crippen molar-refractivity contribution in [2.24, 2.45) is 5.92 Å². The van der Waals surface area contributed by atoms with E-state index in [0.29, 0.717) is 5.56 Å². The zero-order chi connectivity index (χ0) is 19.7. The van der Waals surface area contributed by atoms with Gasteiger partial charge in [0, 0.05) is 23.6 Å². The van der Waals surface area contributed by atoms with Gasteiger partial charge in [0.1, 0.15) is 5.82 Å². The van der Waals surface area contributed by atoms with Crippen LogP contribution >= 0.6 is 0 Å². The van der Waals surface area contributed by atoms with E-state index in [-0.39, 0.29) is 17.9 Å². The van der Waals surface area contributed by atoms with E-state index in [4.69, 9.17) is 0 Å². The predicted octanol–water partition coefficient (Wildman–Crippen LogP) is 4.18.